The van der Waals surface area contributed by atoms with Crippen LogP contribution in [-0.4, -0.2) is 29.2 Å². The highest BCUT2D eigenvalue weighted by atomic mass is 16.5. The van der Waals surface area contributed by atoms with Crippen molar-refractivity contribution in [3.05, 3.63) is 59.4 Å². The number of nitrogens with one attached hydrogen (secondary N) is 1. The first-order chi connectivity index (χ1) is 11.2. The summed E-state index contributed by atoms with van der Waals surface area (Å²) in [4.78, 5) is 16.3. The van der Waals surface area contributed by atoms with Gasteiger partial charge in [-0.1, -0.05) is 24.3 Å². The Kier molecular flexibility index (Phi) is 4.57. The minimum absolute atomic E-state index is 0.0754. The van der Waals surface area contributed by atoms with E-state index in [4.69, 9.17) is 4.74 Å². The van der Waals surface area contributed by atoms with Crippen molar-refractivity contribution in [1.29, 1.82) is 0 Å². The Morgan fingerprint density at radius 1 is 1.39 bits per heavy atom. The van der Waals surface area contributed by atoms with Crippen LogP contribution in [0.3, 0.4) is 0 Å². The number of rotatable bonds is 5. The highest BCUT2D eigenvalue weighted by Crippen LogP contribution is 2.31. The number of aromatic nitrogens is 1. The number of aliphatic hydroxyl groups is 1. The van der Waals surface area contributed by atoms with Gasteiger partial charge in [-0.3, -0.25) is 9.78 Å². The molecule has 2 atom stereocenters. The molecule has 120 valence electrons. The molecule has 1 aliphatic carbocycles. The number of aryl methyl sites for hydroxylation is 1. The number of hydrogen-bond donors (Lipinski definition) is 2. The molecule has 0 radical (unpaired) electrons. The zero-order valence-electron chi connectivity index (χ0n) is 13.0. The zero-order chi connectivity index (χ0) is 16.2. The fraction of sp³-hybridized carbons (Fsp3) is 0.333. The fourth-order valence-electron chi connectivity index (χ4n) is 2.96. The van der Waals surface area contributed by atoms with Crippen LogP contribution >= 0.6 is 0 Å². The van der Waals surface area contributed by atoms with Crippen LogP contribution in [0.2, 0.25) is 0 Å². The summed E-state index contributed by atoms with van der Waals surface area (Å²) >= 11 is 0. The van der Waals surface area contributed by atoms with Gasteiger partial charge in [-0.15, -0.1) is 0 Å². The van der Waals surface area contributed by atoms with Crippen molar-refractivity contribution >= 4 is 5.91 Å². The third-order valence-corrected chi connectivity index (χ3v) is 4.17. The van der Waals surface area contributed by atoms with E-state index in [1.807, 2.05) is 30.3 Å². The lowest BCUT2D eigenvalue weighted by Crippen LogP contribution is -2.33. The van der Waals surface area contributed by atoms with E-state index in [2.05, 4.69) is 10.3 Å². The molecule has 2 unspecified atom stereocenters. The average Bonchev–Trinajstić information content (AvgIpc) is 2.89. The van der Waals surface area contributed by atoms with Crippen molar-refractivity contribution < 1.29 is 14.6 Å². The van der Waals surface area contributed by atoms with Gasteiger partial charge in [0.2, 0.25) is 5.91 Å². The molecule has 0 aliphatic heterocycles. The highest BCUT2D eigenvalue weighted by Gasteiger charge is 2.31. The number of methoxy groups -OCH3 is 1. The van der Waals surface area contributed by atoms with E-state index in [9.17, 15) is 9.90 Å². The molecular formula is C18H20N2O3. The Balaban J connectivity index is 1.59. The van der Waals surface area contributed by atoms with Crippen molar-refractivity contribution in [2.45, 2.75) is 31.4 Å². The summed E-state index contributed by atoms with van der Waals surface area (Å²) in [6.45, 7) is 0. The van der Waals surface area contributed by atoms with E-state index in [0.29, 0.717) is 25.0 Å². The van der Waals surface area contributed by atoms with Gasteiger partial charge in [0, 0.05) is 19.0 Å². The smallest absolute Gasteiger partial charge is 0.220 e. The van der Waals surface area contributed by atoms with Crippen LogP contribution < -0.4 is 10.1 Å². The lowest BCUT2D eigenvalue weighted by molar-refractivity contribution is -0.122. The molecule has 3 rings (SSSR count). The Morgan fingerprint density at radius 2 is 2.22 bits per heavy atom. The summed E-state index contributed by atoms with van der Waals surface area (Å²) in [5.74, 6) is 0.608. The van der Waals surface area contributed by atoms with Crippen LogP contribution in [0.5, 0.6) is 5.75 Å². The SMILES string of the molecule is COc1cncc(CCC(=O)NC2c3ccccc3CC2O)c1. The second-order valence-corrected chi connectivity index (χ2v) is 5.75. The number of amides is 1. The number of carbonyl (C=O) groups excluding carboxylic acids is 1. The molecule has 1 amide bonds. The van der Waals surface area contributed by atoms with Crippen molar-refractivity contribution in [1.82, 2.24) is 10.3 Å². The number of fused-ring (bicyclic) bond motifs is 1. The highest BCUT2D eigenvalue weighted by molar-refractivity contribution is 5.77. The zero-order valence-corrected chi connectivity index (χ0v) is 13.0. The van der Waals surface area contributed by atoms with Crippen LogP contribution in [-0.2, 0) is 17.6 Å². The molecule has 0 spiro atoms. The Bertz CT molecular complexity index is 702. The molecule has 23 heavy (non-hydrogen) atoms. The summed E-state index contributed by atoms with van der Waals surface area (Å²) in [6.07, 6.45) is 4.32. The third kappa shape index (κ3) is 3.51. The summed E-state index contributed by atoms with van der Waals surface area (Å²) < 4.78 is 5.13. The standard InChI is InChI=1S/C18H20N2O3/c1-23-14-8-12(10-19-11-14)6-7-17(22)20-18-15-5-3-2-4-13(15)9-16(18)21/h2-5,8,10-11,16,18,21H,6-7,9H2,1H3,(H,20,22). The molecule has 1 aliphatic rings. The molecule has 1 aromatic heterocycles. The van der Waals surface area contributed by atoms with E-state index in [-0.39, 0.29) is 11.9 Å². The van der Waals surface area contributed by atoms with Gasteiger partial charge < -0.3 is 15.2 Å². The van der Waals surface area contributed by atoms with Gasteiger partial charge in [0.25, 0.3) is 0 Å². The number of hydrogen-bond acceptors (Lipinski definition) is 4. The third-order valence-electron chi connectivity index (χ3n) is 4.17. The molecular weight excluding hydrogens is 292 g/mol. The van der Waals surface area contributed by atoms with E-state index in [1.54, 1.807) is 19.5 Å². The number of benzene rings is 1. The maximum Gasteiger partial charge on any atom is 0.220 e. The number of aliphatic hydroxyl groups excluding tert-OH is 1. The van der Waals surface area contributed by atoms with E-state index in [1.165, 1.54) is 0 Å². The van der Waals surface area contributed by atoms with Gasteiger partial charge >= 0.3 is 0 Å². The second kappa shape index (κ2) is 6.79. The van der Waals surface area contributed by atoms with Gasteiger partial charge in [0.05, 0.1) is 25.5 Å². The minimum Gasteiger partial charge on any atom is -0.495 e. The van der Waals surface area contributed by atoms with Gasteiger partial charge in [-0.05, 0) is 29.2 Å². The summed E-state index contributed by atoms with van der Waals surface area (Å²) in [6, 6.07) is 9.39. The first-order valence-corrected chi connectivity index (χ1v) is 7.70. The molecule has 5 heteroatoms. The van der Waals surface area contributed by atoms with Gasteiger partial charge in [0.15, 0.2) is 0 Å². The van der Waals surface area contributed by atoms with Crippen molar-refractivity contribution in [3.63, 3.8) is 0 Å². The number of nitrogens with zero attached hydrogens (tertiary/aromatic N) is 1. The van der Waals surface area contributed by atoms with Crippen molar-refractivity contribution in [2.24, 2.45) is 0 Å². The summed E-state index contributed by atoms with van der Waals surface area (Å²) in [7, 11) is 1.59. The normalized spacial score (nSPS) is 19.2. The number of ether oxygens (including phenoxy) is 1. The predicted octanol–water partition coefficient (Wildman–Crippen LogP) is 1.80. The maximum atomic E-state index is 12.2. The van der Waals surface area contributed by atoms with Gasteiger partial charge in [-0.2, -0.15) is 0 Å². The Labute approximate surface area is 135 Å². The first-order valence-electron chi connectivity index (χ1n) is 7.70. The molecule has 2 N–H and O–H groups in total. The molecule has 0 bridgehead atoms. The van der Waals surface area contributed by atoms with Gasteiger partial charge in [-0.25, -0.2) is 0 Å². The molecule has 1 aromatic carbocycles. The first kappa shape index (κ1) is 15.5. The van der Waals surface area contributed by atoms with Crippen LogP contribution in [0.1, 0.15) is 29.2 Å². The molecule has 0 saturated heterocycles. The monoisotopic (exact) mass is 312 g/mol. The topological polar surface area (TPSA) is 71.5 Å². The van der Waals surface area contributed by atoms with E-state index < -0.39 is 6.10 Å². The molecule has 2 aromatic rings. The number of carbonyl (C=O) groups is 1. The molecule has 5 nitrogen and oxygen atoms in total. The fourth-order valence-corrected chi connectivity index (χ4v) is 2.96. The van der Waals surface area contributed by atoms with Crippen LogP contribution in [0.25, 0.3) is 0 Å². The Morgan fingerprint density at radius 3 is 3.04 bits per heavy atom. The molecule has 0 fully saturated rings. The second-order valence-electron chi connectivity index (χ2n) is 5.75. The molecule has 1 heterocycles. The number of pyridine rings is 1. The van der Waals surface area contributed by atoms with Crippen molar-refractivity contribution in [2.75, 3.05) is 7.11 Å². The minimum atomic E-state index is -0.560. The lowest BCUT2D eigenvalue weighted by atomic mass is 10.1. The van der Waals surface area contributed by atoms with Gasteiger partial charge in [0.1, 0.15) is 5.75 Å². The molecule has 0 saturated carbocycles. The largest absolute Gasteiger partial charge is 0.495 e. The van der Waals surface area contributed by atoms with Crippen molar-refractivity contribution in [3.8, 4) is 5.75 Å². The van der Waals surface area contributed by atoms with Crippen LogP contribution in [0.15, 0.2) is 42.7 Å². The summed E-state index contributed by atoms with van der Waals surface area (Å²) in [5.41, 5.74) is 3.06. The average molecular weight is 312 g/mol. The quantitative estimate of drug-likeness (QED) is 0.883. The van der Waals surface area contributed by atoms with E-state index >= 15 is 0 Å². The summed E-state index contributed by atoms with van der Waals surface area (Å²) in [5, 5.41) is 13.1. The Hall–Kier alpha value is -2.40. The lowest BCUT2D eigenvalue weighted by Gasteiger charge is -2.18. The predicted molar refractivity (Wildman–Crippen MR) is 86.1 cm³/mol. The maximum absolute atomic E-state index is 12.2. The van der Waals surface area contributed by atoms with Crippen LogP contribution in [0.4, 0.5) is 0 Å². The van der Waals surface area contributed by atoms with E-state index in [0.717, 1.165) is 16.7 Å². The van der Waals surface area contributed by atoms with Crippen LogP contribution in [0, 0.1) is 0 Å².